The van der Waals surface area contributed by atoms with Crippen LogP contribution >= 0.6 is 24.0 Å². The first-order valence-electron chi connectivity index (χ1n) is 4.64. The van der Waals surface area contributed by atoms with Gasteiger partial charge in [0.15, 0.2) is 0 Å². The summed E-state index contributed by atoms with van der Waals surface area (Å²) < 4.78 is 0. The summed E-state index contributed by atoms with van der Waals surface area (Å²) in [6, 6.07) is 7.94. The van der Waals surface area contributed by atoms with Crippen LogP contribution in [0.1, 0.15) is 19.4 Å². The summed E-state index contributed by atoms with van der Waals surface area (Å²) in [7, 11) is 0. The van der Waals surface area contributed by atoms with Crippen LogP contribution in [0.25, 0.3) is 0 Å². The van der Waals surface area contributed by atoms with E-state index in [1.165, 1.54) is 5.56 Å². The van der Waals surface area contributed by atoms with Crippen LogP contribution in [0.2, 0.25) is 5.02 Å². The van der Waals surface area contributed by atoms with E-state index in [1.807, 2.05) is 18.2 Å². The minimum atomic E-state index is 0. The Morgan fingerprint density at radius 2 is 1.93 bits per heavy atom. The first-order valence-corrected chi connectivity index (χ1v) is 5.02. The molecule has 0 unspecified atom stereocenters. The Balaban J connectivity index is 0.00000169. The average Bonchev–Trinajstić information content (AvgIpc) is 2.08. The predicted octanol–water partition coefficient (Wildman–Crippen LogP) is 3.51. The molecule has 0 heterocycles. The van der Waals surface area contributed by atoms with E-state index >= 15 is 0 Å². The lowest BCUT2D eigenvalue weighted by molar-refractivity contribution is 0.552. The lowest BCUT2D eigenvalue weighted by Gasteiger charge is -2.08. The van der Waals surface area contributed by atoms with Crippen LogP contribution in [-0.2, 0) is 6.54 Å². The lowest BCUT2D eigenvalue weighted by atomic mass is 10.2. The van der Waals surface area contributed by atoms with E-state index in [2.05, 4.69) is 25.2 Å². The Morgan fingerprint density at radius 3 is 2.50 bits per heavy atom. The van der Waals surface area contributed by atoms with Crippen LogP contribution in [0.15, 0.2) is 24.3 Å². The molecular formula is C11H17Cl2N. The van der Waals surface area contributed by atoms with E-state index in [0.717, 1.165) is 18.1 Å². The molecule has 0 aliphatic carbocycles. The molecule has 0 bridgehead atoms. The van der Waals surface area contributed by atoms with Crippen molar-refractivity contribution in [1.29, 1.82) is 0 Å². The third-order valence-corrected chi connectivity index (χ3v) is 2.19. The van der Waals surface area contributed by atoms with Gasteiger partial charge in [-0.15, -0.1) is 12.4 Å². The van der Waals surface area contributed by atoms with Gasteiger partial charge in [-0.1, -0.05) is 43.6 Å². The van der Waals surface area contributed by atoms with E-state index in [-0.39, 0.29) is 12.4 Å². The van der Waals surface area contributed by atoms with Crippen molar-refractivity contribution < 1.29 is 0 Å². The van der Waals surface area contributed by atoms with Gasteiger partial charge in [0.05, 0.1) is 0 Å². The van der Waals surface area contributed by atoms with Gasteiger partial charge in [0.2, 0.25) is 0 Å². The van der Waals surface area contributed by atoms with Crippen LogP contribution in [0.5, 0.6) is 0 Å². The SMILES string of the molecule is CC(C)CNCc1ccccc1Cl.Cl. The van der Waals surface area contributed by atoms with Gasteiger partial charge in [-0.25, -0.2) is 0 Å². The monoisotopic (exact) mass is 233 g/mol. The van der Waals surface area contributed by atoms with Crippen LogP contribution < -0.4 is 5.32 Å². The molecule has 80 valence electrons. The van der Waals surface area contributed by atoms with Crippen molar-refractivity contribution in [3.8, 4) is 0 Å². The molecule has 0 spiro atoms. The molecule has 14 heavy (non-hydrogen) atoms. The third kappa shape index (κ3) is 4.85. The molecule has 1 aromatic rings. The number of hydrogen-bond acceptors (Lipinski definition) is 1. The standard InChI is InChI=1S/C11H16ClN.ClH/c1-9(2)7-13-8-10-5-3-4-6-11(10)12;/h3-6,9,13H,7-8H2,1-2H3;1H. The Hall–Kier alpha value is -0.240. The molecule has 1 N–H and O–H groups in total. The molecule has 0 atom stereocenters. The summed E-state index contributed by atoms with van der Waals surface area (Å²) in [5.41, 5.74) is 1.17. The molecule has 0 aliphatic heterocycles. The largest absolute Gasteiger partial charge is 0.312 e. The molecule has 0 radical (unpaired) electrons. The summed E-state index contributed by atoms with van der Waals surface area (Å²) in [6.45, 7) is 6.28. The van der Waals surface area contributed by atoms with Gasteiger partial charge in [0.1, 0.15) is 0 Å². The molecule has 0 fully saturated rings. The smallest absolute Gasteiger partial charge is 0.0450 e. The van der Waals surface area contributed by atoms with Gasteiger partial charge in [-0.2, -0.15) is 0 Å². The number of halogens is 2. The van der Waals surface area contributed by atoms with E-state index in [0.29, 0.717) is 5.92 Å². The molecule has 0 aliphatic rings. The van der Waals surface area contributed by atoms with Crippen molar-refractivity contribution in [2.45, 2.75) is 20.4 Å². The molecule has 1 nitrogen and oxygen atoms in total. The van der Waals surface area contributed by atoms with E-state index in [9.17, 15) is 0 Å². The molecule has 0 aromatic heterocycles. The zero-order valence-corrected chi connectivity index (χ0v) is 10.2. The van der Waals surface area contributed by atoms with Crippen molar-refractivity contribution in [1.82, 2.24) is 5.32 Å². The zero-order chi connectivity index (χ0) is 9.68. The fourth-order valence-electron chi connectivity index (χ4n) is 1.14. The van der Waals surface area contributed by atoms with Gasteiger partial charge >= 0.3 is 0 Å². The minimum absolute atomic E-state index is 0. The quantitative estimate of drug-likeness (QED) is 0.840. The second-order valence-corrected chi connectivity index (χ2v) is 4.02. The maximum absolute atomic E-state index is 6.00. The molecular weight excluding hydrogens is 217 g/mol. The molecule has 0 saturated heterocycles. The second-order valence-electron chi connectivity index (χ2n) is 3.62. The van der Waals surface area contributed by atoms with Crippen LogP contribution in [0.3, 0.4) is 0 Å². The highest BCUT2D eigenvalue weighted by Gasteiger charge is 1.98. The van der Waals surface area contributed by atoms with Gasteiger partial charge in [-0.05, 0) is 24.1 Å². The highest BCUT2D eigenvalue weighted by molar-refractivity contribution is 6.31. The maximum atomic E-state index is 6.00. The first kappa shape index (κ1) is 13.8. The highest BCUT2D eigenvalue weighted by Crippen LogP contribution is 2.14. The molecule has 1 aromatic carbocycles. The Kier molecular flexibility index (Phi) is 6.98. The van der Waals surface area contributed by atoms with Crippen LogP contribution in [-0.4, -0.2) is 6.54 Å². The van der Waals surface area contributed by atoms with Gasteiger partial charge in [-0.3, -0.25) is 0 Å². The Labute approximate surface area is 97.3 Å². The maximum Gasteiger partial charge on any atom is 0.0450 e. The molecule has 0 amide bonds. The fourth-order valence-corrected chi connectivity index (χ4v) is 1.34. The number of rotatable bonds is 4. The van der Waals surface area contributed by atoms with Crippen molar-refractivity contribution in [2.24, 2.45) is 5.92 Å². The van der Waals surface area contributed by atoms with Gasteiger partial charge < -0.3 is 5.32 Å². The minimum Gasteiger partial charge on any atom is -0.312 e. The van der Waals surface area contributed by atoms with Crippen molar-refractivity contribution >= 4 is 24.0 Å². The van der Waals surface area contributed by atoms with Crippen molar-refractivity contribution in [3.63, 3.8) is 0 Å². The van der Waals surface area contributed by atoms with E-state index in [4.69, 9.17) is 11.6 Å². The van der Waals surface area contributed by atoms with Gasteiger partial charge in [0, 0.05) is 11.6 Å². The fraction of sp³-hybridized carbons (Fsp3) is 0.455. The Morgan fingerprint density at radius 1 is 1.29 bits per heavy atom. The third-order valence-electron chi connectivity index (χ3n) is 1.83. The molecule has 0 saturated carbocycles. The van der Waals surface area contributed by atoms with Gasteiger partial charge in [0.25, 0.3) is 0 Å². The first-order chi connectivity index (χ1) is 6.20. The predicted molar refractivity (Wildman–Crippen MR) is 65.2 cm³/mol. The summed E-state index contributed by atoms with van der Waals surface area (Å²) in [6.07, 6.45) is 0. The normalized spacial score (nSPS) is 10.0. The van der Waals surface area contributed by atoms with Crippen LogP contribution in [0.4, 0.5) is 0 Å². The summed E-state index contributed by atoms with van der Waals surface area (Å²) in [5.74, 6) is 0.683. The van der Waals surface area contributed by atoms with E-state index < -0.39 is 0 Å². The number of benzene rings is 1. The lowest BCUT2D eigenvalue weighted by Crippen LogP contribution is -2.19. The average molecular weight is 234 g/mol. The highest BCUT2D eigenvalue weighted by atomic mass is 35.5. The topological polar surface area (TPSA) is 12.0 Å². The molecule has 1 rings (SSSR count). The van der Waals surface area contributed by atoms with E-state index in [1.54, 1.807) is 0 Å². The Bertz CT molecular complexity index is 261. The summed E-state index contributed by atoms with van der Waals surface area (Å²) >= 11 is 6.00. The van der Waals surface area contributed by atoms with Crippen LogP contribution in [0, 0.1) is 5.92 Å². The molecule has 3 heteroatoms. The summed E-state index contributed by atoms with van der Waals surface area (Å²) in [5, 5.41) is 4.20. The zero-order valence-electron chi connectivity index (χ0n) is 8.59. The number of hydrogen-bond donors (Lipinski definition) is 1. The number of nitrogens with one attached hydrogen (secondary N) is 1. The second kappa shape index (κ2) is 7.10. The van der Waals surface area contributed by atoms with Crippen molar-refractivity contribution in [3.05, 3.63) is 34.9 Å². The van der Waals surface area contributed by atoms with Crippen molar-refractivity contribution in [2.75, 3.05) is 6.54 Å². The summed E-state index contributed by atoms with van der Waals surface area (Å²) in [4.78, 5) is 0.